The molecule has 2 aliphatic rings. The van der Waals surface area contributed by atoms with Gasteiger partial charge in [-0.05, 0) is 6.07 Å². The summed E-state index contributed by atoms with van der Waals surface area (Å²) >= 11 is 0. The van der Waals surface area contributed by atoms with Crippen molar-refractivity contribution in [3.63, 3.8) is 0 Å². The molecule has 0 spiro atoms. The molecule has 98 valence electrons. The number of fused-ring (bicyclic) bond motifs is 1. The molecule has 0 radical (unpaired) electrons. The molecule has 5 nitrogen and oxygen atoms in total. The summed E-state index contributed by atoms with van der Waals surface area (Å²) in [7, 11) is 0. The van der Waals surface area contributed by atoms with Crippen LogP contribution in [0.15, 0.2) is 18.2 Å². The Kier molecular flexibility index (Phi) is 3.36. The molecule has 0 saturated carbocycles. The normalized spacial score (nSPS) is 25.6. The third-order valence-corrected chi connectivity index (χ3v) is 3.50. The average molecular weight is 250 g/mol. The third kappa shape index (κ3) is 2.29. The van der Waals surface area contributed by atoms with Gasteiger partial charge in [-0.1, -0.05) is 12.1 Å². The molecule has 5 heteroatoms. The standard InChI is InChI=1S/C13H18N2O3/c16-11-7-15-6-10(11)5-14-4-9-2-1-3-12-13(9)18-8-17-12/h1-3,10-11,14-16H,4-8H2. The Morgan fingerprint density at radius 1 is 1.33 bits per heavy atom. The fourth-order valence-corrected chi connectivity index (χ4v) is 2.45. The maximum absolute atomic E-state index is 9.69. The second-order valence-electron chi connectivity index (χ2n) is 4.77. The molecule has 0 aromatic heterocycles. The predicted molar refractivity (Wildman–Crippen MR) is 66.6 cm³/mol. The quantitative estimate of drug-likeness (QED) is 0.706. The maximum Gasteiger partial charge on any atom is 0.231 e. The molecule has 0 aliphatic carbocycles. The highest BCUT2D eigenvalue weighted by atomic mass is 16.7. The molecule has 1 aromatic carbocycles. The molecule has 2 heterocycles. The molecule has 1 aromatic rings. The molecule has 18 heavy (non-hydrogen) atoms. The zero-order valence-corrected chi connectivity index (χ0v) is 10.2. The summed E-state index contributed by atoms with van der Waals surface area (Å²) in [5, 5.41) is 16.2. The lowest BCUT2D eigenvalue weighted by atomic mass is 10.1. The van der Waals surface area contributed by atoms with E-state index >= 15 is 0 Å². The summed E-state index contributed by atoms with van der Waals surface area (Å²) in [6.45, 7) is 3.41. The van der Waals surface area contributed by atoms with Gasteiger partial charge in [0, 0.05) is 37.7 Å². The van der Waals surface area contributed by atoms with E-state index in [1.807, 2.05) is 18.2 Å². The monoisotopic (exact) mass is 250 g/mol. The van der Waals surface area contributed by atoms with Crippen LogP contribution in [0.2, 0.25) is 0 Å². The Hall–Kier alpha value is -1.30. The first kappa shape index (κ1) is 11.8. The molecule has 1 saturated heterocycles. The lowest BCUT2D eigenvalue weighted by molar-refractivity contribution is 0.146. The first-order chi connectivity index (χ1) is 8.84. The number of benzene rings is 1. The van der Waals surface area contributed by atoms with Gasteiger partial charge in [-0.15, -0.1) is 0 Å². The molecule has 3 rings (SSSR count). The van der Waals surface area contributed by atoms with Crippen LogP contribution in [0.4, 0.5) is 0 Å². The van der Waals surface area contributed by atoms with Crippen molar-refractivity contribution >= 4 is 0 Å². The summed E-state index contributed by atoms with van der Waals surface area (Å²) in [6, 6.07) is 5.91. The van der Waals surface area contributed by atoms with E-state index in [4.69, 9.17) is 9.47 Å². The number of aliphatic hydroxyl groups excluding tert-OH is 1. The minimum Gasteiger partial charge on any atom is -0.454 e. The Bertz CT molecular complexity index is 425. The molecule has 3 N–H and O–H groups in total. The van der Waals surface area contributed by atoms with E-state index in [0.29, 0.717) is 19.3 Å². The molecule has 2 aliphatic heterocycles. The lowest BCUT2D eigenvalue weighted by Gasteiger charge is -2.14. The molecule has 2 atom stereocenters. The highest BCUT2D eigenvalue weighted by Crippen LogP contribution is 2.35. The second kappa shape index (κ2) is 5.14. The van der Waals surface area contributed by atoms with Gasteiger partial charge < -0.3 is 25.2 Å². The van der Waals surface area contributed by atoms with Crippen molar-refractivity contribution in [1.82, 2.24) is 10.6 Å². The molecular weight excluding hydrogens is 232 g/mol. The summed E-state index contributed by atoms with van der Waals surface area (Å²) in [6.07, 6.45) is -0.237. The van der Waals surface area contributed by atoms with E-state index in [0.717, 1.165) is 36.7 Å². The van der Waals surface area contributed by atoms with Crippen molar-refractivity contribution < 1.29 is 14.6 Å². The van der Waals surface area contributed by atoms with Crippen LogP contribution in [-0.4, -0.2) is 37.6 Å². The molecule has 0 amide bonds. The summed E-state index contributed by atoms with van der Waals surface area (Å²) in [5.41, 5.74) is 1.10. The molecule has 0 bridgehead atoms. The van der Waals surface area contributed by atoms with Crippen LogP contribution in [0.25, 0.3) is 0 Å². The zero-order chi connectivity index (χ0) is 12.4. The van der Waals surface area contributed by atoms with Gasteiger partial charge in [-0.2, -0.15) is 0 Å². The number of ether oxygens (including phenoxy) is 2. The van der Waals surface area contributed by atoms with E-state index in [1.165, 1.54) is 0 Å². The number of aliphatic hydroxyl groups is 1. The fraction of sp³-hybridized carbons (Fsp3) is 0.538. The van der Waals surface area contributed by atoms with Gasteiger partial charge in [0.2, 0.25) is 6.79 Å². The van der Waals surface area contributed by atoms with E-state index < -0.39 is 0 Å². The molecular formula is C13H18N2O3. The van der Waals surface area contributed by atoms with E-state index in [2.05, 4.69) is 10.6 Å². The van der Waals surface area contributed by atoms with Gasteiger partial charge in [-0.3, -0.25) is 0 Å². The van der Waals surface area contributed by atoms with E-state index in [9.17, 15) is 5.11 Å². The third-order valence-electron chi connectivity index (χ3n) is 3.50. The Morgan fingerprint density at radius 2 is 2.28 bits per heavy atom. The molecule has 1 fully saturated rings. The highest BCUT2D eigenvalue weighted by Gasteiger charge is 2.24. The Morgan fingerprint density at radius 3 is 3.11 bits per heavy atom. The number of para-hydroxylation sites is 1. The first-order valence-electron chi connectivity index (χ1n) is 6.31. The topological polar surface area (TPSA) is 62.8 Å². The maximum atomic E-state index is 9.69. The SMILES string of the molecule is OC1CNCC1CNCc1cccc2c1OCO2. The number of hydrogen-bond acceptors (Lipinski definition) is 5. The number of nitrogens with one attached hydrogen (secondary N) is 2. The number of hydrogen-bond donors (Lipinski definition) is 3. The Balaban J connectivity index is 1.56. The van der Waals surface area contributed by atoms with Crippen molar-refractivity contribution in [2.75, 3.05) is 26.4 Å². The van der Waals surface area contributed by atoms with Crippen molar-refractivity contribution in [2.24, 2.45) is 5.92 Å². The van der Waals surface area contributed by atoms with Gasteiger partial charge in [-0.25, -0.2) is 0 Å². The fourth-order valence-electron chi connectivity index (χ4n) is 2.45. The van der Waals surface area contributed by atoms with Crippen LogP contribution in [0.5, 0.6) is 11.5 Å². The van der Waals surface area contributed by atoms with Crippen molar-refractivity contribution in [3.05, 3.63) is 23.8 Å². The van der Waals surface area contributed by atoms with Gasteiger partial charge in [0.15, 0.2) is 11.5 Å². The minimum absolute atomic E-state index is 0.237. The predicted octanol–water partition coefficient (Wildman–Crippen LogP) is 0.0852. The van der Waals surface area contributed by atoms with E-state index in [1.54, 1.807) is 0 Å². The van der Waals surface area contributed by atoms with Crippen LogP contribution < -0.4 is 20.1 Å². The van der Waals surface area contributed by atoms with Crippen LogP contribution in [-0.2, 0) is 6.54 Å². The van der Waals surface area contributed by atoms with Crippen LogP contribution in [0.3, 0.4) is 0 Å². The van der Waals surface area contributed by atoms with Crippen molar-refractivity contribution in [1.29, 1.82) is 0 Å². The van der Waals surface area contributed by atoms with Crippen molar-refractivity contribution in [2.45, 2.75) is 12.6 Å². The minimum atomic E-state index is -0.237. The first-order valence-corrected chi connectivity index (χ1v) is 6.31. The zero-order valence-electron chi connectivity index (χ0n) is 10.2. The van der Waals surface area contributed by atoms with Crippen LogP contribution >= 0.6 is 0 Å². The van der Waals surface area contributed by atoms with Gasteiger partial charge >= 0.3 is 0 Å². The lowest BCUT2D eigenvalue weighted by Crippen LogP contribution is -2.30. The molecule has 2 unspecified atom stereocenters. The van der Waals surface area contributed by atoms with Gasteiger partial charge in [0.1, 0.15) is 0 Å². The summed E-state index contributed by atoms with van der Waals surface area (Å²) in [4.78, 5) is 0. The summed E-state index contributed by atoms with van der Waals surface area (Å²) < 4.78 is 10.8. The highest BCUT2D eigenvalue weighted by molar-refractivity contribution is 5.48. The number of rotatable bonds is 4. The van der Waals surface area contributed by atoms with Crippen LogP contribution in [0, 0.1) is 5.92 Å². The number of β-amino-alcohol motifs (C(OH)–C–C–N with tert-alkyl or cyclic N) is 1. The van der Waals surface area contributed by atoms with Crippen LogP contribution in [0.1, 0.15) is 5.56 Å². The second-order valence-corrected chi connectivity index (χ2v) is 4.77. The van der Waals surface area contributed by atoms with E-state index in [-0.39, 0.29) is 6.10 Å². The van der Waals surface area contributed by atoms with Crippen molar-refractivity contribution in [3.8, 4) is 11.5 Å². The van der Waals surface area contributed by atoms with Gasteiger partial charge in [0.05, 0.1) is 6.10 Å². The summed E-state index contributed by atoms with van der Waals surface area (Å²) in [5.74, 6) is 1.95. The Labute approximate surface area is 106 Å². The van der Waals surface area contributed by atoms with Gasteiger partial charge in [0.25, 0.3) is 0 Å². The smallest absolute Gasteiger partial charge is 0.231 e. The average Bonchev–Trinajstić information content (AvgIpc) is 2.99. The largest absolute Gasteiger partial charge is 0.454 e.